The SMILES string of the molecule is CCCN(CCC)CCC1(O)NNc2c(O)cccc21. The zero-order valence-corrected chi connectivity index (χ0v) is 12.3. The Morgan fingerprint density at radius 2 is 1.85 bits per heavy atom. The molecule has 4 N–H and O–H groups in total. The third-order valence-electron chi connectivity index (χ3n) is 3.75. The molecule has 20 heavy (non-hydrogen) atoms. The van der Waals surface area contributed by atoms with Crippen LogP contribution in [0.5, 0.6) is 5.75 Å². The van der Waals surface area contributed by atoms with Gasteiger partial charge >= 0.3 is 0 Å². The van der Waals surface area contributed by atoms with Crippen LogP contribution < -0.4 is 10.9 Å². The fourth-order valence-electron chi connectivity index (χ4n) is 2.73. The monoisotopic (exact) mass is 279 g/mol. The van der Waals surface area contributed by atoms with E-state index >= 15 is 0 Å². The number of fused-ring (bicyclic) bond motifs is 1. The van der Waals surface area contributed by atoms with Gasteiger partial charge in [0.05, 0.1) is 5.69 Å². The minimum atomic E-state index is -1.12. The molecule has 1 atom stereocenters. The highest BCUT2D eigenvalue weighted by molar-refractivity contribution is 5.65. The van der Waals surface area contributed by atoms with Crippen LogP contribution in [-0.4, -0.2) is 34.7 Å². The van der Waals surface area contributed by atoms with E-state index in [-0.39, 0.29) is 5.75 Å². The highest BCUT2D eigenvalue weighted by atomic mass is 16.3. The highest BCUT2D eigenvalue weighted by Gasteiger charge is 2.37. The van der Waals surface area contributed by atoms with Crippen LogP contribution in [0, 0.1) is 0 Å². The fourth-order valence-corrected chi connectivity index (χ4v) is 2.73. The van der Waals surface area contributed by atoms with Gasteiger partial charge in [0, 0.05) is 18.5 Å². The lowest BCUT2D eigenvalue weighted by Gasteiger charge is -2.28. The minimum Gasteiger partial charge on any atom is -0.506 e. The van der Waals surface area contributed by atoms with Gasteiger partial charge < -0.3 is 20.5 Å². The molecule has 0 spiro atoms. The molecule has 0 saturated carbocycles. The lowest BCUT2D eigenvalue weighted by molar-refractivity contribution is -0.000987. The van der Waals surface area contributed by atoms with Gasteiger partial charge in [-0.3, -0.25) is 0 Å². The summed E-state index contributed by atoms with van der Waals surface area (Å²) in [6, 6.07) is 5.20. The molecule has 112 valence electrons. The number of aromatic hydroxyl groups is 1. The van der Waals surface area contributed by atoms with Gasteiger partial charge in [-0.1, -0.05) is 26.0 Å². The predicted molar refractivity (Wildman–Crippen MR) is 80.4 cm³/mol. The number of para-hydroxylation sites is 1. The maximum absolute atomic E-state index is 10.7. The van der Waals surface area contributed by atoms with Crippen molar-refractivity contribution >= 4 is 5.69 Å². The molecule has 5 heteroatoms. The molecular weight excluding hydrogens is 254 g/mol. The zero-order chi connectivity index (χ0) is 14.6. The van der Waals surface area contributed by atoms with Gasteiger partial charge in [0.25, 0.3) is 0 Å². The topological polar surface area (TPSA) is 67.8 Å². The Bertz CT molecular complexity index is 447. The Kier molecular flexibility index (Phi) is 4.86. The second kappa shape index (κ2) is 6.43. The first-order chi connectivity index (χ1) is 9.60. The van der Waals surface area contributed by atoms with Crippen LogP contribution >= 0.6 is 0 Å². The first-order valence-electron chi connectivity index (χ1n) is 7.41. The normalized spacial score (nSPS) is 21.0. The molecule has 1 heterocycles. The van der Waals surface area contributed by atoms with Crippen LogP contribution in [0.25, 0.3) is 0 Å². The number of hydrazine groups is 1. The molecule has 1 unspecified atom stereocenters. The van der Waals surface area contributed by atoms with E-state index in [1.165, 1.54) is 0 Å². The number of rotatable bonds is 7. The number of nitrogens with one attached hydrogen (secondary N) is 2. The molecule has 0 aromatic heterocycles. The Hall–Kier alpha value is -1.30. The average molecular weight is 279 g/mol. The van der Waals surface area contributed by atoms with Crippen LogP contribution in [0.15, 0.2) is 18.2 Å². The largest absolute Gasteiger partial charge is 0.506 e. The second-order valence-corrected chi connectivity index (χ2v) is 5.40. The molecule has 2 rings (SSSR count). The molecule has 0 aliphatic carbocycles. The highest BCUT2D eigenvalue weighted by Crippen LogP contribution is 2.39. The molecule has 0 saturated heterocycles. The summed E-state index contributed by atoms with van der Waals surface area (Å²) in [5.74, 6) is 0.157. The Morgan fingerprint density at radius 1 is 1.15 bits per heavy atom. The van der Waals surface area contributed by atoms with Crippen molar-refractivity contribution in [3.05, 3.63) is 23.8 Å². The number of hydrogen-bond acceptors (Lipinski definition) is 5. The van der Waals surface area contributed by atoms with E-state index in [4.69, 9.17) is 0 Å². The summed E-state index contributed by atoms with van der Waals surface area (Å²) in [4.78, 5) is 2.36. The Labute approximate surface area is 120 Å². The number of phenolic OH excluding ortho intramolecular Hbond substituents is 1. The average Bonchev–Trinajstić information content (AvgIpc) is 2.77. The summed E-state index contributed by atoms with van der Waals surface area (Å²) in [5.41, 5.74) is 5.95. The van der Waals surface area contributed by atoms with Crippen molar-refractivity contribution in [3.8, 4) is 5.75 Å². The molecule has 1 aliphatic rings. The van der Waals surface area contributed by atoms with E-state index in [9.17, 15) is 10.2 Å². The molecule has 1 aliphatic heterocycles. The number of hydrogen-bond donors (Lipinski definition) is 4. The summed E-state index contributed by atoms with van der Waals surface area (Å²) >= 11 is 0. The van der Waals surface area contributed by atoms with Crippen molar-refractivity contribution in [2.45, 2.75) is 38.8 Å². The van der Waals surface area contributed by atoms with Crippen LogP contribution in [0.4, 0.5) is 5.69 Å². The summed E-state index contributed by atoms with van der Waals surface area (Å²) in [7, 11) is 0. The Balaban J connectivity index is 2.05. The lowest BCUT2D eigenvalue weighted by Crippen LogP contribution is -2.42. The number of benzene rings is 1. The molecule has 1 aromatic rings. The predicted octanol–water partition coefficient (Wildman–Crippen LogP) is 1.98. The molecule has 0 amide bonds. The van der Waals surface area contributed by atoms with E-state index in [0.717, 1.165) is 32.5 Å². The first-order valence-corrected chi connectivity index (χ1v) is 7.41. The number of aliphatic hydroxyl groups is 1. The molecule has 0 bridgehead atoms. The molecule has 0 radical (unpaired) electrons. The summed E-state index contributed by atoms with van der Waals surface area (Å²) in [6.07, 6.45) is 2.80. The van der Waals surface area contributed by atoms with E-state index in [1.54, 1.807) is 12.1 Å². The van der Waals surface area contributed by atoms with Gasteiger partial charge in [0.15, 0.2) is 5.72 Å². The van der Waals surface area contributed by atoms with Gasteiger partial charge in [-0.15, -0.1) is 0 Å². The van der Waals surface area contributed by atoms with Crippen molar-refractivity contribution in [1.82, 2.24) is 10.3 Å². The van der Waals surface area contributed by atoms with Crippen molar-refractivity contribution in [2.24, 2.45) is 0 Å². The van der Waals surface area contributed by atoms with Crippen molar-refractivity contribution in [2.75, 3.05) is 25.1 Å². The summed E-state index contributed by atoms with van der Waals surface area (Å²) in [5, 5.41) is 20.5. The quantitative estimate of drug-likeness (QED) is 0.575. The van der Waals surface area contributed by atoms with Crippen molar-refractivity contribution in [3.63, 3.8) is 0 Å². The van der Waals surface area contributed by atoms with Crippen LogP contribution in [0.2, 0.25) is 0 Å². The standard InChI is InChI=1S/C15H25N3O2/c1-3-9-18(10-4-2)11-8-15(20)12-6-5-7-13(19)14(12)16-17-15/h5-7,16-17,19-20H,3-4,8-11H2,1-2H3. The van der Waals surface area contributed by atoms with Crippen LogP contribution in [0.3, 0.4) is 0 Å². The van der Waals surface area contributed by atoms with Gasteiger partial charge in [0.2, 0.25) is 0 Å². The Morgan fingerprint density at radius 3 is 2.50 bits per heavy atom. The summed E-state index contributed by atoms with van der Waals surface area (Å²) < 4.78 is 0. The second-order valence-electron chi connectivity index (χ2n) is 5.40. The van der Waals surface area contributed by atoms with Crippen molar-refractivity contribution in [1.29, 1.82) is 0 Å². The number of anilines is 1. The molecule has 0 fully saturated rings. The zero-order valence-electron chi connectivity index (χ0n) is 12.3. The maximum Gasteiger partial charge on any atom is 0.161 e. The number of phenols is 1. The third-order valence-corrected chi connectivity index (χ3v) is 3.75. The van der Waals surface area contributed by atoms with Gasteiger partial charge in [-0.25, -0.2) is 5.43 Å². The first kappa shape index (κ1) is 15.1. The number of nitrogens with zero attached hydrogens (tertiary/aromatic N) is 1. The summed E-state index contributed by atoms with van der Waals surface area (Å²) in [6.45, 7) is 7.25. The third kappa shape index (κ3) is 3.06. The van der Waals surface area contributed by atoms with Gasteiger partial charge in [0.1, 0.15) is 5.75 Å². The molecule has 1 aromatic carbocycles. The minimum absolute atomic E-state index is 0.157. The van der Waals surface area contributed by atoms with Crippen LogP contribution in [-0.2, 0) is 5.72 Å². The van der Waals surface area contributed by atoms with E-state index in [0.29, 0.717) is 17.7 Å². The smallest absolute Gasteiger partial charge is 0.161 e. The van der Waals surface area contributed by atoms with E-state index in [1.807, 2.05) is 6.07 Å². The van der Waals surface area contributed by atoms with Crippen LogP contribution in [0.1, 0.15) is 38.7 Å². The van der Waals surface area contributed by atoms with E-state index in [2.05, 4.69) is 29.6 Å². The molecular formula is C15H25N3O2. The fraction of sp³-hybridized carbons (Fsp3) is 0.600. The maximum atomic E-state index is 10.7. The lowest BCUT2D eigenvalue weighted by atomic mass is 9.99. The molecule has 5 nitrogen and oxygen atoms in total. The van der Waals surface area contributed by atoms with Gasteiger partial charge in [-0.2, -0.15) is 0 Å². The van der Waals surface area contributed by atoms with E-state index < -0.39 is 5.72 Å². The van der Waals surface area contributed by atoms with Crippen molar-refractivity contribution < 1.29 is 10.2 Å². The van der Waals surface area contributed by atoms with Gasteiger partial charge in [-0.05, 0) is 32.0 Å².